The first-order chi connectivity index (χ1) is 15.5. The van der Waals surface area contributed by atoms with E-state index < -0.39 is 46.4 Å². The first kappa shape index (κ1) is 35.5. The fourth-order valence-corrected chi connectivity index (χ4v) is 3.34. The summed E-state index contributed by atoms with van der Waals surface area (Å²) in [5.74, 6) is -1.12. The maximum Gasteiger partial charge on any atom is 0.408 e. The summed E-state index contributed by atoms with van der Waals surface area (Å²) >= 11 is 0. The van der Waals surface area contributed by atoms with Crippen LogP contribution < -0.4 is 10.6 Å². The van der Waals surface area contributed by atoms with E-state index >= 15 is 0 Å². The predicted octanol–water partition coefficient (Wildman–Crippen LogP) is 4.01. The van der Waals surface area contributed by atoms with Gasteiger partial charge in [-0.25, -0.2) is 19.2 Å². The Morgan fingerprint density at radius 3 is 1.19 bits per heavy atom. The van der Waals surface area contributed by atoms with E-state index in [0.717, 1.165) is 0 Å². The van der Waals surface area contributed by atoms with E-state index in [1.165, 1.54) is 14.2 Å². The minimum atomic E-state index is -0.987. The molecule has 2 fully saturated rings. The van der Waals surface area contributed by atoms with Crippen molar-refractivity contribution in [1.29, 1.82) is 0 Å². The summed E-state index contributed by atoms with van der Waals surface area (Å²) in [4.78, 5) is 46.5. The molecule has 2 aliphatic rings. The first-order valence-corrected chi connectivity index (χ1v) is 10.9. The Kier molecular flexibility index (Phi) is 12.8. The van der Waals surface area contributed by atoms with Crippen molar-refractivity contribution in [2.45, 2.75) is 84.1 Å². The van der Waals surface area contributed by atoms with Crippen LogP contribution in [0.1, 0.15) is 61.8 Å². The molecule has 2 amide bonds. The van der Waals surface area contributed by atoms with Gasteiger partial charge in [-0.05, 0) is 54.4 Å². The van der Waals surface area contributed by atoms with Gasteiger partial charge in [-0.15, -0.1) is 13.2 Å². The van der Waals surface area contributed by atoms with Crippen LogP contribution in [-0.2, 0) is 28.5 Å². The highest BCUT2D eigenvalue weighted by Crippen LogP contribution is 2.46. The maximum atomic E-state index is 11.6. The van der Waals surface area contributed by atoms with Crippen LogP contribution >= 0.6 is 13.5 Å². The van der Waals surface area contributed by atoms with E-state index in [1.54, 1.807) is 53.7 Å². The second-order valence-corrected chi connectivity index (χ2v) is 10.3. The predicted molar refractivity (Wildman–Crippen MR) is 142 cm³/mol. The van der Waals surface area contributed by atoms with Gasteiger partial charge in [0.15, 0.2) is 0 Å². The van der Waals surface area contributed by atoms with Gasteiger partial charge in [-0.1, -0.05) is 19.6 Å². The zero-order valence-electron chi connectivity index (χ0n) is 21.9. The average molecular weight is 533 g/mol. The highest BCUT2D eigenvalue weighted by Gasteiger charge is 2.62. The number of hydrogen-bond donors (Lipinski definition) is 2. The molecule has 2 aliphatic carbocycles. The van der Waals surface area contributed by atoms with Gasteiger partial charge in [0, 0.05) is 11.8 Å². The second-order valence-electron chi connectivity index (χ2n) is 10.3. The van der Waals surface area contributed by atoms with Gasteiger partial charge < -0.3 is 29.6 Å². The average Bonchev–Trinajstić information content (AvgIpc) is 3.59. The molecule has 2 rings (SSSR count). The lowest BCUT2D eigenvalue weighted by Crippen LogP contribution is -2.47. The Balaban J connectivity index is 0. The largest absolute Gasteiger partial charge is 0.467 e. The molecule has 11 heteroatoms. The molecule has 36 heavy (non-hydrogen) atoms. The number of carbonyl (C=O) groups is 4. The molecule has 0 saturated heterocycles. The Morgan fingerprint density at radius 2 is 1.03 bits per heavy atom. The number of amides is 2. The molecule has 2 N–H and O–H groups in total. The molecule has 0 bridgehead atoms. The highest BCUT2D eigenvalue weighted by atomic mass is 32.1. The van der Waals surface area contributed by atoms with E-state index in [4.69, 9.17) is 9.47 Å². The number of nitrogens with one attached hydrogen (secondary N) is 2. The van der Waals surface area contributed by atoms with Crippen LogP contribution in [0.5, 0.6) is 0 Å². The van der Waals surface area contributed by atoms with Crippen LogP contribution in [-0.4, -0.2) is 60.6 Å². The topological polar surface area (TPSA) is 129 Å². The zero-order valence-corrected chi connectivity index (χ0v) is 22.9. The molecule has 0 aromatic carbocycles. The van der Waals surface area contributed by atoms with E-state index in [0.29, 0.717) is 12.8 Å². The fourth-order valence-electron chi connectivity index (χ4n) is 3.34. The number of methoxy groups -OCH3 is 2. The minimum absolute atomic E-state index is 0. The van der Waals surface area contributed by atoms with Crippen LogP contribution in [0, 0.1) is 11.8 Å². The minimum Gasteiger partial charge on any atom is -0.467 e. The number of rotatable bonds is 6. The van der Waals surface area contributed by atoms with E-state index in [1.807, 2.05) is 0 Å². The molecule has 0 aliphatic heterocycles. The molecule has 10 nitrogen and oxygen atoms in total. The summed E-state index contributed by atoms with van der Waals surface area (Å²) in [7, 11) is 2.58. The van der Waals surface area contributed by atoms with Crippen LogP contribution in [0.4, 0.5) is 9.59 Å². The standard InChI is InChI=1S/2C12H19NO4.CH4.H2S/c2*1-6-8-7-12(8,9(14)16-5)13-10(15)17-11(2,3)4;;/h2*6,8H,1,7H2,2-5H3,(H,13,15);1H4;1H2/t2*8-,12-;;/m11../s1. The molecule has 0 spiro atoms. The molecule has 0 aromatic rings. The quantitative estimate of drug-likeness (QED) is 0.298. The highest BCUT2D eigenvalue weighted by molar-refractivity contribution is 7.59. The summed E-state index contributed by atoms with van der Waals surface area (Å²) in [6, 6.07) is 0. The van der Waals surface area contributed by atoms with Crippen molar-refractivity contribution in [1.82, 2.24) is 10.6 Å². The fraction of sp³-hybridized carbons (Fsp3) is 0.680. The molecule has 0 heterocycles. The normalized spacial score (nSPS) is 25.4. The van der Waals surface area contributed by atoms with E-state index in [-0.39, 0.29) is 32.8 Å². The van der Waals surface area contributed by atoms with Crippen LogP contribution in [0.15, 0.2) is 25.3 Å². The lowest BCUT2D eigenvalue weighted by Gasteiger charge is -2.22. The number of alkyl carbamates (subject to hydrolysis) is 2. The summed E-state index contributed by atoms with van der Waals surface area (Å²) in [5, 5.41) is 5.14. The van der Waals surface area contributed by atoms with Gasteiger partial charge in [0.05, 0.1) is 14.2 Å². The Hall–Kier alpha value is -2.69. The molecule has 0 radical (unpaired) electrons. The Labute approximate surface area is 222 Å². The van der Waals surface area contributed by atoms with Crippen molar-refractivity contribution >= 4 is 37.6 Å². The summed E-state index contributed by atoms with van der Waals surface area (Å²) < 4.78 is 19.6. The van der Waals surface area contributed by atoms with Gasteiger partial charge in [-0.3, -0.25) is 0 Å². The molecule has 208 valence electrons. The van der Waals surface area contributed by atoms with Gasteiger partial charge in [0.2, 0.25) is 0 Å². The SMILES string of the molecule is C.C=C[C@@H]1C[C@]1(NC(=O)OC(C)(C)C)C(=O)OC.C=C[C@@H]1C[C@]1(NC(=O)OC(C)(C)C)C(=O)OC.S. The molecular weight excluding hydrogens is 488 g/mol. The van der Waals surface area contributed by atoms with Gasteiger partial charge in [-0.2, -0.15) is 13.5 Å². The van der Waals surface area contributed by atoms with Crippen molar-refractivity contribution in [3.05, 3.63) is 25.3 Å². The number of esters is 2. The van der Waals surface area contributed by atoms with E-state index in [2.05, 4.69) is 33.3 Å². The lowest BCUT2D eigenvalue weighted by atomic mass is 10.2. The van der Waals surface area contributed by atoms with Crippen molar-refractivity contribution in [2.24, 2.45) is 11.8 Å². The first-order valence-electron chi connectivity index (χ1n) is 10.9. The van der Waals surface area contributed by atoms with Crippen LogP contribution in [0.3, 0.4) is 0 Å². The van der Waals surface area contributed by atoms with Crippen LogP contribution in [0.25, 0.3) is 0 Å². The molecular formula is C25H44N2O8S. The third-order valence-corrected chi connectivity index (χ3v) is 5.15. The van der Waals surface area contributed by atoms with Crippen molar-refractivity contribution in [3.8, 4) is 0 Å². The molecule has 2 saturated carbocycles. The Morgan fingerprint density at radius 1 is 0.750 bits per heavy atom. The third-order valence-electron chi connectivity index (χ3n) is 5.15. The molecule has 4 atom stereocenters. The van der Waals surface area contributed by atoms with Gasteiger partial charge in [0.1, 0.15) is 22.3 Å². The maximum absolute atomic E-state index is 11.6. The van der Waals surface area contributed by atoms with Crippen LogP contribution in [0.2, 0.25) is 0 Å². The summed E-state index contributed by atoms with van der Waals surface area (Å²) in [5.41, 5.74) is -3.17. The smallest absolute Gasteiger partial charge is 0.408 e. The van der Waals surface area contributed by atoms with Crippen molar-refractivity contribution in [2.75, 3.05) is 14.2 Å². The van der Waals surface area contributed by atoms with E-state index in [9.17, 15) is 19.2 Å². The zero-order chi connectivity index (χ0) is 26.5. The molecule has 0 aromatic heterocycles. The van der Waals surface area contributed by atoms with Gasteiger partial charge in [0.25, 0.3) is 0 Å². The Bertz CT molecular complexity index is 765. The number of carbonyl (C=O) groups excluding carboxylic acids is 4. The third kappa shape index (κ3) is 9.40. The number of ether oxygens (including phenoxy) is 4. The van der Waals surface area contributed by atoms with Gasteiger partial charge >= 0.3 is 24.1 Å². The lowest BCUT2D eigenvalue weighted by molar-refractivity contribution is -0.145. The second kappa shape index (κ2) is 13.0. The van der Waals surface area contributed by atoms with Crippen molar-refractivity contribution < 1.29 is 38.1 Å². The molecule has 0 unspecified atom stereocenters. The summed E-state index contributed by atoms with van der Waals surface area (Å²) in [6.45, 7) is 17.8. The number of hydrogen-bond acceptors (Lipinski definition) is 8. The summed E-state index contributed by atoms with van der Waals surface area (Å²) in [6.07, 6.45) is 3.03. The monoisotopic (exact) mass is 532 g/mol. The van der Waals surface area contributed by atoms with Crippen molar-refractivity contribution in [3.63, 3.8) is 0 Å².